The van der Waals surface area contributed by atoms with E-state index in [4.69, 9.17) is 38.0 Å². The maximum absolute atomic E-state index is 13.1. The van der Waals surface area contributed by atoms with Crippen LogP contribution in [0.25, 0.3) is 11.3 Å². The zero-order valence-corrected chi connectivity index (χ0v) is 25.1. The Labute approximate surface area is 252 Å². The van der Waals surface area contributed by atoms with Crippen molar-refractivity contribution in [3.05, 3.63) is 45.1 Å². The van der Waals surface area contributed by atoms with Gasteiger partial charge in [0, 0.05) is 49.2 Å². The number of aromatic nitrogens is 3. The van der Waals surface area contributed by atoms with Gasteiger partial charge in [0.05, 0.1) is 41.8 Å². The fourth-order valence-electron chi connectivity index (χ4n) is 5.13. The summed E-state index contributed by atoms with van der Waals surface area (Å²) in [6.07, 6.45) is 5.30. The number of carboxylic acids is 1. The molecule has 2 aliphatic rings. The van der Waals surface area contributed by atoms with Gasteiger partial charge in [-0.05, 0) is 38.4 Å². The predicted molar refractivity (Wildman–Crippen MR) is 160 cm³/mol. The average molecular weight is 621 g/mol. The second-order valence-electron chi connectivity index (χ2n) is 10.1. The van der Waals surface area contributed by atoms with Crippen LogP contribution >= 0.6 is 34.5 Å². The molecule has 0 bridgehead atoms. The third kappa shape index (κ3) is 6.90. The zero-order valence-electron chi connectivity index (χ0n) is 22.8. The number of thiazole rings is 1. The lowest BCUT2D eigenvalue weighted by atomic mass is 10.1. The number of halogens is 2. The molecule has 0 saturated carbocycles. The highest BCUT2D eigenvalue weighted by Crippen LogP contribution is 2.40. The van der Waals surface area contributed by atoms with Gasteiger partial charge in [-0.25, -0.2) is 15.0 Å². The van der Waals surface area contributed by atoms with Gasteiger partial charge in [0.25, 0.3) is 5.91 Å². The normalized spacial score (nSPS) is 18.0. The van der Waals surface area contributed by atoms with Crippen molar-refractivity contribution < 1.29 is 19.4 Å². The van der Waals surface area contributed by atoms with E-state index in [1.54, 1.807) is 18.3 Å². The van der Waals surface area contributed by atoms with Crippen LogP contribution in [0.3, 0.4) is 0 Å². The van der Waals surface area contributed by atoms with Crippen molar-refractivity contribution in [2.45, 2.75) is 32.4 Å². The molecule has 11 nitrogen and oxygen atoms in total. The molecule has 2 aliphatic heterocycles. The summed E-state index contributed by atoms with van der Waals surface area (Å²) < 4.78 is 5.30. The fourth-order valence-corrected chi connectivity index (χ4v) is 6.78. The number of piperazine rings is 1. The molecule has 1 amide bonds. The number of ether oxygens (including phenoxy) is 1. The quantitative estimate of drug-likeness (QED) is 0.357. The van der Waals surface area contributed by atoms with E-state index in [0.29, 0.717) is 71.2 Å². The summed E-state index contributed by atoms with van der Waals surface area (Å²) in [5.74, 6) is -0.208. The Morgan fingerprint density at radius 1 is 1.12 bits per heavy atom. The van der Waals surface area contributed by atoms with Crippen LogP contribution in [0, 0.1) is 0 Å². The molecule has 0 unspecified atom stereocenters. The van der Waals surface area contributed by atoms with Gasteiger partial charge in [-0.1, -0.05) is 34.5 Å². The molecule has 5 rings (SSSR count). The Morgan fingerprint density at radius 2 is 1.85 bits per heavy atom. The number of rotatable bonds is 9. The summed E-state index contributed by atoms with van der Waals surface area (Å²) in [6.45, 7) is 6.43. The molecule has 2 N–H and O–H groups in total. The van der Waals surface area contributed by atoms with Gasteiger partial charge < -0.3 is 14.7 Å². The summed E-state index contributed by atoms with van der Waals surface area (Å²) in [6, 6.07) is 4.00. The number of anilines is 2. The number of nitrogens with zero attached hydrogens (tertiary/aromatic N) is 6. The van der Waals surface area contributed by atoms with Crippen LogP contribution in [0.1, 0.15) is 35.1 Å². The monoisotopic (exact) mass is 619 g/mol. The lowest BCUT2D eigenvalue weighted by Gasteiger charge is -2.34. The topological polar surface area (TPSA) is 124 Å². The third-order valence-corrected chi connectivity index (χ3v) is 8.87. The number of amides is 1. The summed E-state index contributed by atoms with van der Waals surface area (Å²) in [5.41, 5.74) is 1.62. The minimum Gasteiger partial charge on any atom is -0.494 e. The molecule has 0 aliphatic carbocycles. The van der Waals surface area contributed by atoms with Crippen molar-refractivity contribution in [1.29, 1.82) is 0 Å². The largest absolute Gasteiger partial charge is 0.494 e. The minimum absolute atomic E-state index is 0.0222. The van der Waals surface area contributed by atoms with Gasteiger partial charge in [0.2, 0.25) is 0 Å². The lowest BCUT2D eigenvalue weighted by Crippen LogP contribution is -2.48. The van der Waals surface area contributed by atoms with Crippen LogP contribution < -0.4 is 15.0 Å². The van der Waals surface area contributed by atoms with Crippen molar-refractivity contribution in [3.63, 3.8) is 0 Å². The Balaban J connectivity index is 1.32. The Hall–Kier alpha value is -3.03. The molecule has 4 heterocycles. The number of nitrogens with one attached hydrogen (secondary N) is 1. The highest BCUT2D eigenvalue weighted by Gasteiger charge is 2.25. The van der Waals surface area contributed by atoms with E-state index in [2.05, 4.69) is 27.1 Å². The van der Waals surface area contributed by atoms with E-state index >= 15 is 0 Å². The van der Waals surface area contributed by atoms with Crippen molar-refractivity contribution in [1.82, 2.24) is 24.8 Å². The maximum atomic E-state index is 13.1. The number of methoxy groups -OCH3 is 1. The molecule has 2 aromatic heterocycles. The van der Waals surface area contributed by atoms with Crippen LogP contribution in [0.4, 0.5) is 10.9 Å². The molecule has 3 aromatic rings. The second-order valence-corrected chi connectivity index (χ2v) is 12.0. The van der Waals surface area contributed by atoms with Crippen molar-refractivity contribution in [3.8, 4) is 17.0 Å². The molecule has 2 saturated heterocycles. The number of carbonyl (C=O) groups is 2. The van der Waals surface area contributed by atoms with Crippen molar-refractivity contribution >= 4 is 57.4 Å². The van der Waals surface area contributed by atoms with Crippen LogP contribution in [-0.2, 0) is 11.3 Å². The standard InChI is InChI=1S/C27H31Cl2N7O4S/c1-16-4-3-5-36(16)14-21-24(17-10-18(28)25(40-2)19(29)11-17)32-27(41-21)33-26(39)20-12-31-22(13-30-20)35-8-6-34(7-9-35)15-23(37)38/h10-13,16H,3-9,14-15H2,1-2H3,(H,37,38)(H,32,33,39)/t16-/m1/s1. The van der Waals surface area contributed by atoms with E-state index < -0.39 is 11.9 Å². The number of likely N-dealkylation sites (tertiary alicyclic amines) is 1. The Morgan fingerprint density at radius 3 is 2.44 bits per heavy atom. The second kappa shape index (κ2) is 12.9. The van der Waals surface area contributed by atoms with Crippen LogP contribution in [0.2, 0.25) is 10.0 Å². The summed E-state index contributed by atoms with van der Waals surface area (Å²) in [4.78, 5) is 44.9. The Kier molecular flexibility index (Phi) is 9.25. The highest BCUT2D eigenvalue weighted by atomic mass is 35.5. The number of hydrogen-bond acceptors (Lipinski definition) is 10. The van der Waals surface area contributed by atoms with Gasteiger partial charge in [0.15, 0.2) is 10.9 Å². The summed E-state index contributed by atoms with van der Waals surface area (Å²) in [7, 11) is 1.52. The van der Waals surface area contributed by atoms with Crippen LogP contribution in [0.5, 0.6) is 5.75 Å². The third-order valence-electron chi connectivity index (χ3n) is 7.36. The van der Waals surface area contributed by atoms with E-state index in [1.807, 2.05) is 9.80 Å². The number of carbonyl (C=O) groups excluding carboxylic acids is 1. The van der Waals surface area contributed by atoms with Crippen molar-refractivity contribution in [2.75, 3.05) is 56.6 Å². The van der Waals surface area contributed by atoms with Crippen LogP contribution in [0.15, 0.2) is 24.5 Å². The number of carboxylic acid groups (broad SMARTS) is 1. The molecule has 0 radical (unpaired) electrons. The van der Waals surface area contributed by atoms with E-state index in [1.165, 1.54) is 24.6 Å². The molecule has 2 fully saturated rings. The smallest absolute Gasteiger partial charge is 0.317 e. The molecule has 218 valence electrons. The minimum atomic E-state index is -0.838. The van der Waals surface area contributed by atoms with Gasteiger partial charge in [-0.15, -0.1) is 0 Å². The first-order chi connectivity index (χ1) is 19.7. The first-order valence-corrected chi connectivity index (χ1v) is 14.9. The first kappa shape index (κ1) is 29.5. The van der Waals surface area contributed by atoms with E-state index in [-0.39, 0.29) is 12.2 Å². The Bertz CT molecular complexity index is 1390. The SMILES string of the molecule is COc1c(Cl)cc(-c2nc(NC(=O)c3cnc(N4CCN(CC(=O)O)CC4)cn3)sc2CN2CCC[C@H]2C)cc1Cl. The molecule has 1 aromatic carbocycles. The first-order valence-electron chi connectivity index (χ1n) is 13.3. The zero-order chi connectivity index (χ0) is 29.1. The predicted octanol–water partition coefficient (Wildman–Crippen LogP) is 4.36. The molecular weight excluding hydrogens is 589 g/mol. The molecular formula is C27H31Cl2N7O4S. The van der Waals surface area contributed by atoms with Crippen molar-refractivity contribution in [2.24, 2.45) is 0 Å². The van der Waals surface area contributed by atoms with E-state index in [9.17, 15) is 9.59 Å². The highest BCUT2D eigenvalue weighted by molar-refractivity contribution is 7.16. The lowest BCUT2D eigenvalue weighted by molar-refractivity contribution is -0.138. The fraction of sp³-hybridized carbons (Fsp3) is 0.444. The molecule has 1 atom stereocenters. The number of aliphatic carboxylic acids is 1. The number of benzene rings is 1. The molecule has 41 heavy (non-hydrogen) atoms. The van der Waals surface area contributed by atoms with Crippen LogP contribution in [-0.4, -0.2) is 94.2 Å². The van der Waals surface area contributed by atoms with Gasteiger partial charge in [-0.3, -0.25) is 24.7 Å². The van der Waals surface area contributed by atoms with Gasteiger partial charge in [-0.2, -0.15) is 0 Å². The molecule has 14 heteroatoms. The average Bonchev–Trinajstić information content (AvgIpc) is 3.54. The van der Waals surface area contributed by atoms with E-state index in [0.717, 1.165) is 29.8 Å². The summed E-state index contributed by atoms with van der Waals surface area (Å²) >= 11 is 14.3. The maximum Gasteiger partial charge on any atom is 0.317 e. The summed E-state index contributed by atoms with van der Waals surface area (Å²) in [5, 5.41) is 13.1. The number of hydrogen-bond donors (Lipinski definition) is 2. The molecule has 0 spiro atoms. The van der Waals surface area contributed by atoms with Gasteiger partial charge in [0.1, 0.15) is 11.5 Å². The van der Waals surface area contributed by atoms with Gasteiger partial charge >= 0.3 is 5.97 Å².